The summed E-state index contributed by atoms with van der Waals surface area (Å²) in [6.07, 6.45) is 4.92. The quantitative estimate of drug-likeness (QED) is 0.585. The maximum atomic E-state index is 6.25. The van der Waals surface area contributed by atoms with Gasteiger partial charge in [-0.2, -0.15) is 5.10 Å². The van der Waals surface area contributed by atoms with Gasteiger partial charge in [0.25, 0.3) is 0 Å². The molecule has 1 aromatic carbocycles. The van der Waals surface area contributed by atoms with E-state index in [1.807, 2.05) is 12.4 Å². The van der Waals surface area contributed by atoms with Crippen molar-refractivity contribution in [3.05, 3.63) is 54.4 Å². The lowest BCUT2D eigenvalue weighted by molar-refractivity contribution is 0.122. The van der Waals surface area contributed by atoms with Crippen molar-refractivity contribution in [1.29, 1.82) is 0 Å². The molecular formula is C21H24N6. The van der Waals surface area contributed by atoms with E-state index in [1.54, 1.807) is 0 Å². The number of nitrogens with one attached hydrogen (secondary N) is 1. The summed E-state index contributed by atoms with van der Waals surface area (Å²) in [7, 11) is 0. The topological polar surface area (TPSA) is 75.8 Å². The second-order valence-corrected chi connectivity index (χ2v) is 7.64. The second kappa shape index (κ2) is 6.39. The minimum absolute atomic E-state index is 0.294. The van der Waals surface area contributed by atoms with E-state index in [0.29, 0.717) is 17.8 Å². The summed E-state index contributed by atoms with van der Waals surface area (Å²) in [6, 6.07) is 13.0. The average molecular weight is 360 g/mol. The molecule has 1 aliphatic rings. The normalized spacial score (nSPS) is 21.2. The van der Waals surface area contributed by atoms with Gasteiger partial charge in [0.15, 0.2) is 5.82 Å². The minimum Gasteiger partial charge on any atom is -0.382 e. The summed E-state index contributed by atoms with van der Waals surface area (Å²) in [6.45, 7) is 5.38. The van der Waals surface area contributed by atoms with Crippen molar-refractivity contribution >= 4 is 27.8 Å². The molecule has 138 valence electrons. The Morgan fingerprint density at radius 2 is 2.04 bits per heavy atom. The summed E-state index contributed by atoms with van der Waals surface area (Å²) in [4.78, 5) is 10.2. The van der Waals surface area contributed by atoms with Crippen LogP contribution in [0.3, 0.4) is 0 Å². The predicted molar refractivity (Wildman–Crippen MR) is 108 cm³/mol. The van der Waals surface area contributed by atoms with Crippen LogP contribution in [-0.2, 0) is 6.54 Å². The Morgan fingerprint density at radius 1 is 1.19 bits per heavy atom. The average Bonchev–Trinajstić information content (AvgIpc) is 3.28. The van der Waals surface area contributed by atoms with Crippen molar-refractivity contribution < 1.29 is 0 Å². The number of likely N-dealkylation sites (tertiary alicyclic amines) is 1. The molecule has 0 saturated carbocycles. The molecule has 0 unspecified atom stereocenters. The van der Waals surface area contributed by atoms with Crippen LogP contribution in [0, 0.1) is 5.92 Å². The molecule has 6 nitrogen and oxygen atoms in total. The lowest BCUT2D eigenvalue weighted by atomic mass is 9.93. The van der Waals surface area contributed by atoms with Gasteiger partial charge in [0.2, 0.25) is 0 Å². The van der Waals surface area contributed by atoms with Crippen LogP contribution in [0.5, 0.6) is 0 Å². The number of hydrogen-bond acceptors (Lipinski definition) is 4. The molecule has 1 fully saturated rings. The third kappa shape index (κ3) is 2.77. The molecule has 0 aliphatic carbocycles. The number of benzene rings is 1. The van der Waals surface area contributed by atoms with Gasteiger partial charge >= 0.3 is 0 Å². The van der Waals surface area contributed by atoms with Crippen LogP contribution in [0.15, 0.2) is 48.8 Å². The van der Waals surface area contributed by atoms with Gasteiger partial charge in [0.1, 0.15) is 5.65 Å². The maximum absolute atomic E-state index is 6.25. The minimum atomic E-state index is 0.294. The molecule has 0 radical (unpaired) electrons. The first-order valence-electron chi connectivity index (χ1n) is 9.57. The number of pyridine rings is 1. The molecule has 3 N–H and O–H groups in total. The molecule has 4 aromatic rings. The summed E-state index contributed by atoms with van der Waals surface area (Å²) in [5, 5.41) is 6.78. The van der Waals surface area contributed by atoms with Gasteiger partial charge in [-0.25, -0.2) is 4.98 Å². The number of anilines is 1. The number of aromatic amines is 1. The summed E-state index contributed by atoms with van der Waals surface area (Å²) in [5.41, 5.74) is 9.58. The van der Waals surface area contributed by atoms with Gasteiger partial charge in [-0.3, -0.25) is 9.58 Å². The van der Waals surface area contributed by atoms with E-state index < -0.39 is 0 Å². The Morgan fingerprint density at radius 3 is 2.89 bits per heavy atom. The molecule has 2 atom stereocenters. The highest BCUT2D eigenvalue weighted by molar-refractivity contribution is 6.06. The third-order valence-corrected chi connectivity index (χ3v) is 5.84. The Labute approximate surface area is 158 Å². The number of hydrogen-bond donors (Lipinski definition) is 2. The largest absolute Gasteiger partial charge is 0.382 e. The highest BCUT2D eigenvalue weighted by Crippen LogP contribution is 2.35. The Hall–Kier alpha value is -2.86. The molecule has 27 heavy (non-hydrogen) atoms. The van der Waals surface area contributed by atoms with Gasteiger partial charge in [0, 0.05) is 30.9 Å². The monoisotopic (exact) mass is 360 g/mol. The fraction of sp³-hybridized carbons (Fsp3) is 0.333. The van der Waals surface area contributed by atoms with Crippen LogP contribution in [0.2, 0.25) is 0 Å². The van der Waals surface area contributed by atoms with E-state index in [2.05, 4.69) is 62.9 Å². The number of rotatable bonds is 3. The smallest absolute Gasteiger partial charge is 0.154 e. The van der Waals surface area contributed by atoms with Gasteiger partial charge in [-0.1, -0.05) is 37.3 Å². The molecule has 1 aliphatic heterocycles. The Bertz CT molecular complexity index is 1080. The van der Waals surface area contributed by atoms with Crippen LogP contribution in [0.25, 0.3) is 21.9 Å². The van der Waals surface area contributed by atoms with Crippen molar-refractivity contribution in [2.45, 2.75) is 25.9 Å². The lowest BCUT2D eigenvalue weighted by Gasteiger charge is -2.37. The van der Waals surface area contributed by atoms with Crippen molar-refractivity contribution in [3.63, 3.8) is 0 Å². The molecule has 4 heterocycles. The standard InChI is InChI=1S/C21H24N6/c1-14-8-10-26(12-15-5-3-2-4-6-15)13-18(14)27-19-16-7-9-23-21(16)24-11-17(19)20(22)25-27/h2-7,9,11,14,18H,8,10,12-13H2,1H3,(H2,22,25)(H,23,24)/t14-,18-/m1/s1. The molecule has 0 amide bonds. The van der Waals surface area contributed by atoms with Crippen LogP contribution >= 0.6 is 0 Å². The van der Waals surface area contributed by atoms with Gasteiger partial charge in [0.05, 0.1) is 16.9 Å². The predicted octanol–water partition coefficient (Wildman–Crippen LogP) is 3.58. The fourth-order valence-corrected chi connectivity index (χ4v) is 4.31. The lowest BCUT2D eigenvalue weighted by Crippen LogP contribution is -2.40. The van der Waals surface area contributed by atoms with E-state index in [-0.39, 0.29) is 0 Å². The number of H-pyrrole nitrogens is 1. The number of nitrogens with two attached hydrogens (primary N) is 1. The van der Waals surface area contributed by atoms with Crippen molar-refractivity contribution in [2.75, 3.05) is 18.8 Å². The molecule has 1 saturated heterocycles. The zero-order valence-electron chi connectivity index (χ0n) is 15.5. The first kappa shape index (κ1) is 16.3. The van der Waals surface area contributed by atoms with Gasteiger partial charge in [-0.05, 0) is 30.5 Å². The molecule has 3 aromatic heterocycles. The molecule has 0 spiro atoms. The number of nitrogen functional groups attached to an aromatic ring is 1. The number of piperidine rings is 1. The SMILES string of the molecule is C[C@@H]1CCN(Cc2ccccc2)C[C@H]1n1nc(N)c2cnc3[nH]ccc3c21. The van der Waals surface area contributed by atoms with E-state index in [4.69, 9.17) is 10.8 Å². The molecular weight excluding hydrogens is 336 g/mol. The van der Waals surface area contributed by atoms with Crippen LogP contribution in [-0.4, -0.2) is 37.7 Å². The van der Waals surface area contributed by atoms with Gasteiger partial charge in [-0.15, -0.1) is 0 Å². The summed E-state index contributed by atoms with van der Waals surface area (Å²) in [5.74, 6) is 1.11. The molecule has 6 heteroatoms. The van der Waals surface area contributed by atoms with Crippen LogP contribution in [0.4, 0.5) is 5.82 Å². The number of aromatic nitrogens is 4. The van der Waals surface area contributed by atoms with Crippen LogP contribution < -0.4 is 5.73 Å². The van der Waals surface area contributed by atoms with Crippen molar-refractivity contribution in [2.24, 2.45) is 5.92 Å². The van der Waals surface area contributed by atoms with Crippen molar-refractivity contribution in [1.82, 2.24) is 24.6 Å². The van der Waals surface area contributed by atoms with Gasteiger partial charge < -0.3 is 10.7 Å². The first-order chi connectivity index (χ1) is 13.2. The second-order valence-electron chi connectivity index (χ2n) is 7.64. The van der Waals surface area contributed by atoms with Crippen LogP contribution in [0.1, 0.15) is 24.9 Å². The Kier molecular flexibility index (Phi) is 3.86. The van der Waals surface area contributed by atoms with E-state index >= 15 is 0 Å². The summed E-state index contributed by atoms with van der Waals surface area (Å²) >= 11 is 0. The molecule has 5 rings (SSSR count). The van der Waals surface area contributed by atoms with E-state index in [0.717, 1.165) is 48.0 Å². The zero-order valence-corrected chi connectivity index (χ0v) is 15.5. The highest BCUT2D eigenvalue weighted by atomic mass is 15.3. The number of fused-ring (bicyclic) bond motifs is 3. The fourth-order valence-electron chi connectivity index (χ4n) is 4.31. The van der Waals surface area contributed by atoms with E-state index in [1.165, 1.54) is 5.56 Å². The number of nitrogens with zero attached hydrogens (tertiary/aromatic N) is 4. The van der Waals surface area contributed by atoms with Crippen molar-refractivity contribution in [3.8, 4) is 0 Å². The third-order valence-electron chi connectivity index (χ3n) is 5.84. The molecule has 0 bridgehead atoms. The zero-order chi connectivity index (χ0) is 18.4. The Balaban J connectivity index is 1.53. The summed E-state index contributed by atoms with van der Waals surface area (Å²) < 4.78 is 2.16. The van der Waals surface area contributed by atoms with E-state index in [9.17, 15) is 0 Å². The maximum Gasteiger partial charge on any atom is 0.154 e. The first-order valence-corrected chi connectivity index (χ1v) is 9.57. The highest BCUT2D eigenvalue weighted by Gasteiger charge is 2.30.